The van der Waals surface area contributed by atoms with Crippen LogP contribution in [0, 0.1) is 5.82 Å². The smallest absolute Gasteiger partial charge is 0.255 e. The van der Waals surface area contributed by atoms with Gasteiger partial charge in [-0.15, -0.1) is 0 Å². The molecule has 0 heterocycles. The van der Waals surface area contributed by atoms with Gasteiger partial charge in [0.25, 0.3) is 6.43 Å². The minimum absolute atomic E-state index is 0.0481. The van der Waals surface area contributed by atoms with Crippen LogP contribution in [0.5, 0.6) is 5.75 Å². The van der Waals surface area contributed by atoms with Gasteiger partial charge in [-0.1, -0.05) is 36.4 Å². The van der Waals surface area contributed by atoms with Crippen LogP contribution in [0.4, 0.5) is 18.9 Å². The highest BCUT2D eigenvalue weighted by Gasteiger charge is 2.13. The molecule has 0 amide bonds. The van der Waals surface area contributed by atoms with Gasteiger partial charge in [0.1, 0.15) is 24.5 Å². The van der Waals surface area contributed by atoms with Crippen LogP contribution in [0.3, 0.4) is 0 Å². The van der Waals surface area contributed by atoms with Crippen LogP contribution < -0.4 is 15.8 Å². The first kappa shape index (κ1) is 22.4. The summed E-state index contributed by atoms with van der Waals surface area (Å²) < 4.78 is 46.1. The van der Waals surface area contributed by atoms with E-state index in [9.17, 15) is 18.0 Å². The zero-order chi connectivity index (χ0) is 22.2. The third-order valence-corrected chi connectivity index (χ3v) is 4.73. The van der Waals surface area contributed by atoms with Crippen molar-refractivity contribution >= 4 is 12.0 Å². The van der Waals surface area contributed by atoms with E-state index in [1.807, 2.05) is 6.07 Å². The summed E-state index contributed by atoms with van der Waals surface area (Å²) in [6.07, 6.45) is -1.52. The summed E-state index contributed by atoms with van der Waals surface area (Å²) in [4.78, 5) is 10.9. The second kappa shape index (κ2) is 10.6. The van der Waals surface area contributed by atoms with E-state index < -0.39 is 18.8 Å². The SMILES string of the molecule is NCc1cccc(-c2cc(COc3ccccc3CC=O)cc(NCC(F)F)c2)c1F. The molecule has 162 valence electrons. The first-order valence-corrected chi connectivity index (χ1v) is 9.80. The average molecular weight is 428 g/mol. The predicted molar refractivity (Wildman–Crippen MR) is 115 cm³/mol. The fraction of sp³-hybridized carbons (Fsp3) is 0.208. The Labute approximate surface area is 178 Å². The zero-order valence-corrected chi connectivity index (χ0v) is 16.8. The molecular formula is C24H23F3N2O2. The summed E-state index contributed by atoms with van der Waals surface area (Å²) in [5.41, 5.74) is 8.65. The topological polar surface area (TPSA) is 64.3 Å². The molecule has 3 aromatic carbocycles. The monoisotopic (exact) mass is 428 g/mol. The van der Waals surface area contributed by atoms with Crippen molar-refractivity contribution in [2.75, 3.05) is 11.9 Å². The molecular weight excluding hydrogens is 405 g/mol. The molecule has 0 aliphatic carbocycles. The van der Waals surface area contributed by atoms with Gasteiger partial charge in [0.15, 0.2) is 0 Å². The Morgan fingerprint density at radius 3 is 2.55 bits per heavy atom. The Balaban J connectivity index is 1.93. The van der Waals surface area contributed by atoms with Gasteiger partial charge in [-0.25, -0.2) is 13.2 Å². The maximum atomic E-state index is 14.8. The molecule has 3 rings (SSSR count). The van der Waals surface area contributed by atoms with Crippen LogP contribution in [0.15, 0.2) is 60.7 Å². The maximum absolute atomic E-state index is 14.8. The van der Waals surface area contributed by atoms with Crippen molar-refractivity contribution in [3.8, 4) is 16.9 Å². The summed E-state index contributed by atoms with van der Waals surface area (Å²) >= 11 is 0. The molecule has 0 bridgehead atoms. The molecule has 3 N–H and O–H groups in total. The Kier molecular flexibility index (Phi) is 7.67. The maximum Gasteiger partial charge on any atom is 0.255 e. The molecule has 0 radical (unpaired) electrons. The number of hydrogen-bond donors (Lipinski definition) is 2. The lowest BCUT2D eigenvalue weighted by molar-refractivity contribution is -0.107. The van der Waals surface area contributed by atoms with Crippen molar-refractivity contribution in [1.29, 1.82) is 0 Å². The van der Waals surface area contributed by atoms with Crippen molar-refractivity contribution in [3.63, 3.8) is 0 Å². The number of anilines is 1. The van der Waals surface area contributed by atoms with Gasteiger partial charge in [-0.2, -0.15) is 0 Å². The molecule has 0 fully saturated rings. The Bertz CT molecular complexity index is 1040. The number of carbonyl (C=O) groups excluding carboxylic acids is 1. The number of benzene rings is 3. The van der Waals surface area contributed by atoms with E-state index in [4.69, 9.17) is 10.5 Å². The predicted octanol–water partition coefficient (Wildman–Crippen LogP) is 4.95. The third kappa shape index (κ3) is 5.86. The molecule has 0 aromatic heterocycles. The van der Waals surface area contributed by atoms with Gasteiger partial charge in [-0.05, 0) is 35.4 Å². The number of nitrogens with two attached hydrogens (primary N) is 1. The number of nitrogens with one attached hydrogen (secondary N) is 1. The van der Waals surface area contributed by atoms with Crippen molar-refractivity contribution < 1.29 is 22.7 Å². The van der Waals surface area contributed by atoms with Gasteiger partial charge < -0.3 is 20.6 Å². The highest BCUT2D eigenvalue weighted by Crippen LogP contribution is 2.30. The van der Waals surface area contributed by atoms with Gasteiger partial charge in [-0.3, -0.25) is 0 Å². The minimum Gasteiger partial charge on any atom is -0.489 e. The largest absolute Gasteiger partial charge is 0.489 e. The van der Waals surface area contributed by atoms with Crippen LogP contribution in [0.1, 0.15) is 16.7 Å². The first-order valence-electron chi connectivity index (χ1n) is 9.80. The van der Waals surface area contributed by atoms with Crippen LogP contribution in [-0.2, 0) is 24.4 Å². The first-order chi connectivity index (χ1) is 15.0. The Hall–Kier alpha value is -3.32. The highest BCUT2D eigenvalue weighted by atomic mass is 19.3. The standard InChI is InChI=1S/C24H23F3N2O2/c25-23(26)14-29-20-11-16(15-31-22-7-2-1-4-17(22)8-9-30)10-19(12-20)21-6-3-5-18(13-28)24(21)27/h1-7,9-12,23,29H,8,13-15,28H2. The van der Waals surface area contributed by atoms with E-state index in [0.717, 1.165) is 11.8 Å². The molecule has 7 heteroatoms. The number of alkyl halides is 2. The van der Waals surface area contributed by atoms with Crippen LogP contribution in [0.25, 0.3) is 11.1 Å². The fourth-order valence-electron chi connectivity index (χ4n) is 3.25. The molecule has 0 aliphatic rings. The van der Waals surface area contributed by atoms with E-state index >= 15 is 0 Å². The zero-order valence-electron chi connectivity index (χ0n) is 16.8. The van der Waals surface area contributed by atoms with Crippen molar-refractivity contribution in [3.05, 3.63) is 83.2 Å². The number of aldehydes is 1. The fourth-order valence-corrected chi connectivity index (χ4v) is 3.25. The highest BCUT2D eigenvalue weighted by molar-refractivity contribution is 5.70. The lowest BCUT2D eigenvalue weighted by Gasteiger charge is -2.15. The van der Waals surface area contributed by atoms with Crippen LogP contribution >= 0.6 is 0 Å². The third-order valence-electron chi connectivity index (χ3n) is 4.73. The van der Waals surface area contributed by atoms with Gasteiger partial charge in [0.2, 0.25) is 0 Å². The number of hydrogen-bond acceptors (Lipinski definition) is 4. The molecule has 3 aromatic rings. The lowest BCUT2D eigenvalue weighted by Crippen LogP contribution is -2.11. The normalized spacial score (nSPS) is 10.9. The van der Waals surface area contributed by atoms with Crippen LogP contribution in [0.2, 0.25) is 0 Å². The molecule has 4 nitrogen and oxygen atoms in total. The summed E-state index contributed by atoms with van der Waals surface area (Å²) in [6, 6.07) is 17.1. The Morgan fingerprint density at radius 1 is 1.03 bits per heavy atom. The summed E-state index contributed by atoms with van der Waals surface area (Å²) in [5, 5.41) is 2.67. The van der Waals surface area contributed by atoms with Gasteiger partial charge in [0, 0.05) is 35.3 Å². The minimum atomic E-state index is -2.53. The second-order valence-electron chi connectivity index (χ2n) is 6.94. The Morgan fingerprint density at radius 2 is 1.81 bits per heavy atom. The summed E-state index contributed by atoms with van der Waals surface area (Å²) in [7, 11) is 0. The quantitative estimate of drug-likeness (QED) is 0.449. The molecule has 0 spiro atoms. The van der Waals surface area contributed by atoms with Crippen molar-refractivity contribution in [2.24, 2.45) is 5.73 Å². The number of rotatable bonds is 10. The number of ether oxygens (including phenoxy) is 1. The molecule has 0 atom stereocenters. The molecule has 0 saturated carbocycles. The molecule has 0 saturated heterocycles. The lowest BCUT2D eigenvalue weighted by atomic mass is 9.99. The van der Waals surface area contributed by atoms with E-state index in [-0.39, 0.29) is 19.6 Å². The van der Waals surface area contributed by atoms with E-state index in [2.05, 4.69) is 5.32 Å². The summed E-state index contributed by atoms with van der Waals surface area (Å²) in [6.45, 7) is -0.366. The van der Waals surface area contributed by atoms with Gasteiger partial charge in [0.05, 0.1) is 6.54 Å². The number of para-hydroxylation sites is 1. The number of halogens is 3. The van der Waals surface area contributed by atoms with E-state index in [0.29, 0.717) is 33.7 Å². The summed E-state index contributed by atoms with van der Waals surface area (Å²) in [5.74, 6) is 0.109. The number of carbonyl (C=O) groups is 1. The van der Waals surface area contributed by atoms with Crippen molar-refractivity contribution in [1.82, 2.24) is 0 Å². The van der Waals surface area contributed by atoms with E-state index in [1.165, 1.54) is 0 Å². The molecule has 0 unspecified atom stereocenters. The van der Waals surface area contributed by atoms with Gasteiger partial charge >= 0.3 is 0 Å². The van der Waals surface area contributed by atoms with E-state index in [1.54, 1.807) is 54.6 Å². The molecule has 0 aliphatic heterocycles. The molecule has 31 heavy (non-hydrogen) atoms. The van der Waals surface area contributed by atoms with Crippen molar-refractivity contribution in [2.45, 2.75) is 26.0 Å². The van der Waals surface area contributed by atoms with Crippen LogP contribution in [-0.4, -0.2) is 19.3 Å². The average Bonchev–Trinajstić information content (AvgIpc) is 2.77. The second-order valence-corrected chi connectivity index (χ2v) is 6.94.